The average molecular weight is 156 g/mol. The first-order valence-electron chi connectivity index (χ1n) is 3.53. The number of hydrogen-bond acceptors (Lipinski definition) is 3. The van der Waals surface area contributed by atoms with Gasteiger partial charge in [-0.05, 0) is 20.3 Å². The van der Waals surface area contributed by atoms with Gasteiger partial charge in [0.1, 0.15) is 5.76 Å². The molecule has 1 aromatic rings. The second kappa shape index (κ2) is 2.92. The lowest BCUT2D eigenvalue weighted by atomic mass is 10.1. The van der Waals surface area contributed by atoms with Crippen molar-refractivity contribution in [1.82, 2.24) is 5.16 Å². The molecular formula is C7H12N2O2. The Balaban J connectivity index is 2.92. The molecule has 0 aromatic carbocycles. The van der Waals surface area contributed by atoms with E-state index in [1.807, 2.05) is 6.92 Å². The zero-order valence-electron chi connectivity index (χ0n) is 6.68. The Morgan fingerprint density at radius 3 is 2.73 bits per heavy atom. The molecule has 1 rings (SSSR count). The summed E-state index contributed by atoms with van der Waals surface area (Å²) in [5.74, 6) is 0.632. The lowest BCUT2D eigenvalue weighted by Crippen LogP contribution is -2.21. The van der Waals surface area contributed by atoms with Crippen LogP contribution in [0.3, 0.4) is 0 Å². The molecule has 0 fully saturated rings. The molecule has 0 radical (unpaired) electrons. The van der Waals surface area contributed by atoms with Crippen molar-refractivity contribution in [3.05, 3.63) is 21.7 Å². The number of aromatic amines is 1. The number of nitrogens with two attached hydrogens (primary N) is 1. The molecule has 11 heavy (non-hydrogen) atoms. The molecule has 0 saturated carbocycles. The van der Waals surface area contributed by atoms with E-state index in [4.69, 9.17) is 10.3 Å². The molecule has 0 saturated heterocycles. The molecule has 3 N–H and O–H groups in total. The van der Waals surface area contributed by atoms with Crippen molar-refractivity contribution in [1.29, 1.82) is 0 Å². The van der Waals surface area contributed by atoms with Crippen molar-refractivity contribution in [3.8, 4) is 0 Å². The molecule has 0 amide bonds. The maximum Gasteiger partial charge on any atom is 0.283 e. The van der Waals surface area contributed by atoms with Crippen molar-refractivity contribution >= 4 is 0 Å². The van der Waals surface area contributed by atoms with Crippen molar-refractivity contribution in [2.75, 3.05) is 0 Å². The molecule has 0 spiro atoms. The average Bonchev–Trinajstić information content (AvgIpc) is 2.18. The Morgan fingerprint density at radius 1 is 1.73 bits per heavy atom. The summed E-state index contributed by atoms with van der Waals surface area (Å²) in [4.78, 5) is 11.0. The Kier molecular flexibility index (Phi) is 2.14. The zero-order chi connectivity index (χ0) is 8.43. The molecule has 1 heterocycles. The summed E-state index contributed by atoms with van der Waals surface area (Å²) in [5.41, 5.74) is 6.01. The van der Waals surface area contributed by atoms with E-state index in [9.17, 15) is 4.79 Å². The van der Waals surface area contributed by atoms with Gasteiger partial charge in [0.15, 0.2) is 0 Å². The van der Waals surface area contributed by atoms with Gasteiger partial charge in [0.25, 0.3) is 5.56 Å². The molecule has 0 bridgehead atoms. The topological polar surface area (TPSA) is 72.0 Å². The second-order valence-electron chi connectivity index (χ2n) is 2.75. The van der Waals surface area contributed by atoms with Crippen LogP contribution in [-0.2, 0) is 6.42 Å². The van der Waals surface area contributed by atoms with Crippen molar-refractivity contribution < 1.29 is 4.52 Å². The fraction of sp³-hybridized carbons (Fsp3) is 0.571. The van der Waals surface area contributed by atoms with E-state index in [2.05, 4.69) is 5.16 Å². The van der Waals surface area contributed by atoms with Gasteiger partial charge in [-0.1, -0.05) is 0 Å². The van der Waals surface area contributed by atoms with E-state index in [1.165, 1.54) is 0 Å². The van der Waals surface area contributed by atoms with Crippen LogP contribution in [0.1, 0.15) is 18.2 Å². The number of aryl methyl sites for hydroxylation is 1. The summed E-state index contributed by atoms with van der Waals surface area (Å²) in [5, 5.41) is 2.26. The summed E-state index contributed by atoms with van der Waals surface area (Å²) in [6.45, 7) is 3.60. The number of rotatable bonds is 2. The quantitative estimate of drug-likeness (QED) is 0.641. The minimum Gasteiger partial charge on any atom is -0.384 e. The maximum atomic E-state index is 11.0. The molecule has 1 aromatic heterocycles. The van der Waals surface area contributed by atoms with Gasteiger partial charge in [-0.15, -0.1) is 0 Å². The largest absolute Gasteiger partial charge is 0.384 e. The summed E-state index contributed by atoms with van der Waals surface area (Å²) in [6.07, 6.45) is 0.567. The van der Waals surface area contributed by atoms with Crippen LogP contribution >= 0.6 is 0 Å². The lowest BCUT2D eigenvalue weighted by Gasteiger charge is -1.99. The molecule has 0 aliphatic carbocycles. The lowest BCUT2D eigenvalue weighted by molar-refractivity contribution is 0.391. The Morgan fingerprint density at radius 2 is 2.36 bits per heavy atom. The fourth-order valence-corrected chi connectivity index (χ4v) is 0.964. The van der Waals surface area contributed by atoms with Crippen LogP contribution in [-0.4, -0.2) is 11.2 Å². The predicted octanol–water partition coefficient (Wildman–Crippen LogP) is 0.166. The predicted molar refractivity (Wildman–Crippen MR) is 41.4 cm³/mol. The fourth-order valence-electron chi connectivity index (χ4n) is 0.964. The van der Waals surface area contributed by atoms with E-state index in [0.29, 0.717) is 17.7 Å². The first-order chi connectivity index (χ1) is 5.11. The number of nitrogens with one attached hydrogen (secondary N) is 1. The van der Waals surface area contributed by atoms with Crippen molar-refractivity contribution in [2.24, 2.45) is 5.73 Å². The van der Waals surface area contributed by atoms with Gasteiger partial charge in [-0.2, -0.15) is 5.16 Å². The van der Waals surface area contributed by atoms with Gasteiger partial charge < -0.3 is 10.3 Å². The minimum atomic E-state index is -0.167. The van der Waals surface area contributed by atoms with Crippen LogP contribution in [0.4, 0.5) is 0 Å². The third kappa shape index (κ3) is 1.71. The highest BCUT2D eigenvalue weighted by molar-refractivity contribution is 5.12. The van der Waals surface area contributed by atoms with Crippen LogP contribution in [0.2, 0.25) is 0 Å². The highest BCUT2D eigenvalue weighted by atomic mass is 16.5. The van der Waals surface area contributed by atoms with Crippen LogP contribution in [0.5, 0.6) is 0 Å². The third-order valence-electron chi connectivity index (χ3n) is 1.52. The maximum absolute atomic E-state index is 11.0. The van der Waals surface area contributed by atoms with Crippen LogP contribution < -0.4 is 11.3 Å². The SMILES string of the molecule is Cc1o[nH]c(=O)c1C[C@H](C)N. The Hall–Kier alpha value is -1.03. The van der Waals surface area contributed by atoms with Crippen molar-refractivity contribution in [3.63, 3.8) is 0 Å². The normalized spacial score (nSPS) is 13.4. The highest BCUT2D eigenvalue weighted by Crippen LogP contribution is 2.02. The van der Waals surface area contributed by atoms with Crippen LogP contribution in [0, 0.1) is 6.92 Å². The number of aromatic nitrogens is 1. The highest BCUT2D eigenvalue weighted by Gasteiger charge is 2.09. The van der Waals surface area contributed by atoms with E-state index < -0.39 is 0 Å². The molecular weight excluding hydrogens is 144 g/mol. The first kappa shape index (κ1) is 8.07. The summed E-state index contributed by atoms with van der Waals surface area (Å²) in [6, 6.07) is -0.00704. The van der Waals surface area contributed by atoms with Crippen LogP contribution in [0.15, 0.2) is 9.32 Å². The van der Waals surface area contributed by atoms with E-state index in [0.717, 1.165) is 0 Å². The first-order valence-corrected chi connectivity index (χ1v) is 3.53. The molecule has 0 unspecified atom stereocenters. The van der Waals surface area contributed by atoms with Gasteiger partial charge in [0.2, 0.25) is 0 Å². The smallest absolute Gasteiger partial charge is 0.283 e. The Labute approximate surface area is 64.4 Å². The molecule has 0 aliphatic heterocycles. The Bertz CT molecular complexity index is 285. The van der Waals surface area contributed by atoms with E-state index in [1.54, 1.807) is 6.92 Å². The van der Waals surface area contributed by atoms with Gasteiger partial charge in [0.05, 0.1) is 5.56 Å². The molecule has 1 atom stereocenters. The number of hydrogen-bond donors (Lipinski definition) is 2. The van der Waals surface area contributed by atoms with Crippen molar-refractivity contribution in [2.45, 2.75) is 26.3 Å². The molecule has 4 nitrogen and oxygen atoms in total. The molecule has 62 valence electrons. The second-order valence-corrected chi connectivity index (χ2v) is 2.75. The number of H-pyrrole nitrogens is 1. The summed E-state index contributed by atoms with van der Waals surface area (Å²) >= 11 is 0. The van der Waals surface area contributed by atoms with Crippen LogP contribution in [0.25, 0.3) is 0 Å². The molecule has 4 heteroatoms. The standard InChI is InChI=1S/C7H12N2O2/c1-4(8)3-6-5(2)11-9-7(6)10/h4H,3,8H2,1-2H3,(H,9,10)/t4-/m0/s1. The monoisotopic (exact) mass is 156 g/mol. The summed E-state index contributed by atoms with van der Waals surface area (Å²) < 4.78 is 4.80. The van der Waals surface area contributed by atoms with Gasteiger partial charge in [-0.3, -0.25) is 4.79 Å². The van der Waals surface area contributed by atoms with Gasteiger partial charge in [0, 0.05) is 6.04 Å². The van der Waals surface area contributed by atoms with E-state index >= 15 is 0 Å². The van der Waals surface area contributed by atoms with E-state index in [-0.39, 0.29) is 11.6 Å². The van der Waals surface area contributed by atoms with Gasteiger partial charge >= 0.3 is 0 Å². The zero-order valence-corrected chi connectivity index (χ0v) is 6.68. The molecule has 0 aliphatic rings. The third-order valence-corrected chi connectivity index (χ3v) is 1.52. The summed E-state index contributed by atoms with van der Waals surface area (Å²) in [7, 11) is 0. The van der Waals surface area contributed by atoms with Gasteiger partial charge in [-0.25, -0.2) is 0 Å². The minimum absolute atomic E-state index is 0.00704.